The number of rotatable bonds is 5. The van der Waals surface area contributed by atoms with Crippen molar-refractivity contribution >= 4 is 17.2 Å². The number of carbonyl (C=O) groups excluding carboxylic acids is 1. The maximum atomic E-state index is 13.0. The zero-order chi connectivity index (χ0) is 29.7. The molecule has 10 heteroatoms. The number of aromatic amines is 1. The SMILES string of the molecule is C.Cc1c(-c2nc3nccc(-c4ccc5c(c4)CCC[C@H]5NC(=O)N4CC(OC(C)(C)C)C4)c3[nH]2)cnn1C1CCOCC1. The molecule has 10 nitrogen and oxygen atoms in total. The predicted octanol–water partition coefficient (Wildman–Crippen LogP) is 6.37. The molecule has 2 fully saturated rings. The number of carbonyl (C=O) groups is 1. The quantitative estimate of drug-likeness (QED) is 0.276. The van der Waals surface area contributed by atoms with E-state index in [-0.39, 0.29) is 31.2 Å². The van der Waals surface area contributed by atoms with Crippen molar-refractivity contribution in [1.82, 2.24) is 34.9 Å². The van der Waals surface area contributed by atoms with Gasteiger partial charge in [-0.05, 0) is 82.6 Å². The third-order valence-corrected chi connectivity index (χ3v) is 8.95. The molecular weight excluding hydrogens is 554 g/mol. The van der Waals surface area contributed by atoms with Gasteiger partial charge in [0.25, 0.3) is 0 Å². The van der Waals surface area contributed by atoms with Gasteiger partial charge < -0.3 is 24.7 Å². The van der Waals surface area contributed by atoms with Crippen LogP contribution in [-0.4, -0.2) is 73.7 Å². The molecule has 2 N–H and O–H groups in total. The summed E-state index contributed by atoms with van der Waals surface area (Å²) in [6.07, 6.45) is 8.77. The van der Waals surface area contributed by atoms with Crippen molar-refractivity contribution < 1.29 is 14.3 Å². The summed E-state index contributed by atoms with van der Waals surface area (Å²) >= 11 is 0. The van der Waals surface area contributed by atoms with E-state index in [9.17, 15) is 4.79 Å². The highest BCUT2D eigenvalue weighted by Gasteiger charge is 2.35. The van der Waals surface area contributed by atoms with Crippen molar-refractivity contribution in [3.63, 3.8) is 0 Å². The van der Waals surface area contributed by atoms with Crippen molar-refractivity contribution in [2.75, 3.05) is 26.3 Å². The van der Waals surface area contributed by atoms with Gasteiger partial charge in [0.1, 0.15) is 5.82 Å². The van der Waals surface area contributed by atoms with Crippen LogP contribution in [0.3, 0.4) is 0 Å². The summed E-state index contributed by atoms with van der Waals surface area (Å²) in [4.78, 5) is 27.9. The van der Waals surface area contributed by atoms with Crippen LogP contribution in [0.1, 0.15) is 82.8 Å². The Morgan fingerprint density at radius 2 is 1.91 bits per heavy atom. The number of imidazole rings is 1. The van der Waals surface area contributed by atoms with Gasteiger partial charge in [-0.25, -0.2) is 14.8 Å². The lowest BCUT2D eigenvalue weighted by Gasteiger charge is -2.42. The third kappa shape index (κ3) is 5.85. The molecule has 2 saturated heterocycles. The molecule has 0 radical (unpaired) electrons. The average Bonchev–Trinajstić information content (AvgIpc) is 3.57. The number of urea groups is 1. The number of H-pyrrole nitrogens is 1. The van der Waals surface area contributed by atoms with Gasteiger partial charge in [0.05, 0.1) is 54.2 Å². The van der Waals surface area contributed by atoms with Crippen molar-refractivity contribution in [2.24, 2.45) is 0 Å². The molecule has 7 rings (SSSR count). The highest BCUT2D eigenvalue weighted by Crippen LogP contribution is 2.36. The Bertz CT molecular complexity index is 1640. The lowest BCUT2D eigenvalue weighted by Crippen LogP contribution is -2.59. The summed E-state index contributed by atoms with van der Waals surface area (Å²) in [6, 6.07) is 9.02. The van der Waals surface area contributed by atoms with Gasteiger partial charge in [-0.1, -0.05) is 25.6 Å². The van der Waals surface area contributed by atoms with E-state index < -0.39 is 0 Å². The molecule has 2 amide bonds. The first-order chi connectivity index (χ1) is 20.7. The lowest BCUT2D eigenvalue weighted by molar-refractivity contribution is -0.111. The molecule has 3 aliphatic rings. The molecule has 1 aliphatic carbocycles. The first-order valence-electron chi connectivity index (χ1n) is 15.6. The second-order valence-corrected chi connectivity index (χ2v) is 13.1. The van der Waals surface area contributed by atoms with Crippen molar-refractivity contribution in [3.8, 4) is 22.5 Å². The fraction of sp³-hybridized carbons (Fsp3) is 0.529. The smallest absolute Gasteiger partial charge is 0.318 e. The average molecular weight is 600 g/mol. The highest BCUT2D eigenvalue weighted by molar-refractivity contribution is 5.91. The maximum absolute atomic E-state index is 13.0. The summed E-state index contributed by atoms with van der Waals surface area (Å²) in [5.74, 6) is 0.785. The molecular formula is C34H45N7O3. The molecule has 3 aromatic heterocycles. The predicted molar refractivity (Wildman–Crippen MR) is 172 cm³/mol. The van der Waals surface area contributed by atoms with E-state index in [1.54, 1.807) is 0 Å². The Morgan fingerprint density at radius 3 is 2.68 bits per heavy atom. The topological polar surface area (TPSA) is 110 Å². The van der Waals surface area contributed by atoms with Crippen molar-refractivity contribution in [2.45, 2.75) is 91.0 Å². The van der Waals surface area contributed by atoms with Gasteiger partial charge in [-0.3, -0.25) is 4.68 Å². The van der Waals surface area contributed by atoms with E-state index in [1.165, 1.54) is 11.1 Å². The molecule has 0 saturated carbocycles. The number of pyridine rings is 1. The van der Waals surface area contributed by atoms with E-state index in [0.29, 0.717) is 24.8 Å². The van der Waals surface area contributed by atoms with Crippen LogP contribution in [-0.2, 0) is 15.9 Å². The van der Waals surface area contributed by atoms with Crippen molar-refractivity contribution in [3.05, 3.63) is 53.5 Å². The molecule has 2 aliphatic heterocycles. The van der Waals surface area contributed by atoms with Crippen LogP contribution in [0.5, 0.6) is 0 Å². The van der Waals surface area contributed by atoms with Crippen LogP contribution >= 0.6 is 0 Å². The van der Waals surface area contributed by atoms with Crippen LogP contribution in [0, 0.1) is 6.92 Å². The minimum absolute atomic E-state index is 0. The monoisotopic (exact) mass is 599 g/mol. The van der Waals surface area contributed by atoms with Gasteiger partial charge in [-0.2, -0.15) is 5.10 Å². The summed E-state index contributed by atoms with van der Waals surface area (Å²) in [5.41, 5.74) is 8.19. The van der Waals surface area contributed by atoms with E-state index in [1.807, 2.05) is 23.4 Å². The summed E-state index contributed by atoms with van der Waals surface area (Å²) in [7, 11) is 0. The Kier molecular flexibility index (Phi) is 8.24. The van der Waals surface area contributed by atoms with Crippen LogP contribution in [0.15, 0.2) is 36.7 Å². The molecule has 0 unspecified atom stereocenters. The van der Waals surface area contributed by atoms with Crippen LogP contribution in [0.4, 0.5) is 4.79 Å². The number of hydrogen-bond donors (Lipinski definition) is 2. The number of likely N-dealkylation sites (tertiary alicyclic amines) is 1. The minimum Gasteiger partial charge on any atom is -0.381 e. The summed E-state index contributed by atoms with van der Waals surface area (Å²) in [5, 5.41) is 8.01. The zero-order valence-electron chi connectivity index (χ0n) is 25.5. The van der Waals surface area contributed by atoms with Gasteiger partial charge in [0, 0.05) is 30.7 Å². The minimum atomic E-state index is -0.196. The fourth-order valence-corrected chi connectivity index (χ4v) is 6.78. The Morgan fingerprint density at radius 1 is 1.11 bits per heavy atom. The number of nitrogens with one attached hydrogen (secondary N) is 2. The molecule has 0 bridgehead atoms. The van der Waals surface area contributed by atoms with Gasteiger partial charge in [0.2, 0.25) is 0 Å². The van der Waals surface area contributed by atoms with Crippen molar-refractivity contribution in [1.29, 1.82) is 0 Å². The Labute approximate surface area is 259 Å². The normalized spacial score (nSPS) is 19.4. The Hall–Kier alpha value is -3.76. The number of aromatic nitrogens is 5. The largest absolute Gasteiger partial charge is 0.381 e. The Balaban J connectivity index is 0.00000343. The van der Waals surface area contributed by atoms with Gasteiger partial charge in [0.15, 0.2) is 5.65 Å². The van der Waals surface area contributed by atoms with E-state index in [2.05, 4.69) is 65.9 Å². The van der Waals surface area contributed by atoms with Gasteiger partial charge >= 0.3 is 6.03 Å². The number of aryl methyl sites for hydroxylation is 1. The lowest BCUT2D eigenvalue weighted by atomic mass is 9.85. The molecule has 1 aromatic carbocycles. The second kappa shape index (κ2) is 12.0. The third-order valence-electron chi connectivity index (χ3n) is 8.95. The molecule has 1 atom stereocenters. The first-order valence-corrected chi connectivity index (χ1v) is 15.6. The molecule has 4 aromatic rings. The standard InChI is InChI=1S/C33H41N7O3.CH4/c1-20-27(17-35-40(20)23-11-14-42-15-12-23)30-37-29-26(10-13-34-31(29)38-30)22-8-9-25-21(16-22)6-5-7-28(25)36-32(41)39-18-24(19-39)43-33(2,3)4;/h8-10,13,16-17,23-24,28H,5-7,11-12,14-15,18-19H2,1-4H3,(H,36,41)(H,34,37,38);1H4/t28-;/m1./s1. The highest BCUT2D eigenvalue weighted by atomic mass is 16.5. The van der Waals surface area contributed by atoms with Crippen LogP contribution < -0.4 is 5.32 Å². The first kappa shape index (κ1) is 30.3. The molecule has 5 heterocycles. The number of hydrogen-bond acceptors (Lipinski definition) is 6. The summed E-state index contributed by atoms with van der Waals surface area (Å²) in [6.45, 7) is 11.1. The fourth-order valence-electron chi connectivity index (χ4n) is 6.78. The molecule has 234 valence electrons. The van der Waals surface area contributed by atoms with Crippen LogP contribution in [0.2, 0.25) is 0 Å². The van der Waals surface area contributed by atoms with E-state index in [0.717, 1.165) is 79.0 Å². The summed E-state index contributed by atoms with van der Waals surface area (Å²) < 4.78 is 13.7. The second-order valence-electron chi connectivity index (χ2n) is 13.1. The van der Waals surface area contributed by atoms with Crippen LogP contribution in [0.25, 0.3) is 33.7 Å². The number of amides is 2. The molecule has 44 heavy (non-hydrogen) atoms. The van der Waals surface area contributed by atoms with Gasteiger partial charge in [-0.15, -0.1) is 0 Å². The number of nitrogens with zero attached hydrogens (tertiary/aromatic N) is 5. The number of benzene rings is 1. The van der Waals surface area contributed by atoms with E-state index in [4.69, 9.17) is 19.6 Å². The van der Waals surface area contributed by atoms with E-state index >= 15 is 0 Å². The number of fused-ring (bicyclic) bond motifs is 2. The molecule has 0 spiro atoms. The maximum Gasteiger partial charge on any atom is 0.318 e. The number of ether oxygens (including phenoxy) is 2. The zero-order valence-corrected chi connectivity index (χ0v) is 25.5.